The Hall–Kier alpha value is -2.21. The van der Waals surface area contributed by atoms with Gasteiger partial charge in [0.15, 0.2) is 0 Å². The predicted molar refractivity (Wildman–Crippen MR) is 78.3 cm³/mol. The number of aromatic carboxylic acids is 1. The van der Waals surface area contributed by atoms with Crippen molar-refractivity contribution in [3.05, 3.63) is 40.0 Å². The minimum atomic E-state index is -1.28. The largest absolute Gasteiger partial charge is 0.478 e. The Balaban J connectivity index is 1.84. The molecular weight excluding hydrogens is 291 g/mol. The van der Waals surface area contributed by atoms with Crippen LogP contribution in [0.5, 0.6) is 0 Å². The molecular formula is C15H11FN2O2S. The second kappa shape index (κ2) is 4.39. The van der Waals surface area contributed by atoms with Crippen LogP contribution in [0.3, 0.4) is 0 Å². The van der Waals surface area contributed by atoms with E-state index in [0.717, 1.165) is 17.7 Å². The van der Waals surface area contributed by atoms with Crippen molar-refractivity contribution in [3.8, 4) is 10.7 Å². The van der Waals surface area contributed by atoms with Crippen molar-refractivity contribution >= 4 is 28.3 Å². The van der Waals surface area contributed by atoms with Crippen molar-refractivity contribution in [2.45, 2.75) is 19.3 Å². The highest BCUT2D eigenvalue weighted by Gasteiger charge is 2.19. The zero-order chi connectivity index (χ0) is 14.6. The lowest BCUT2D eigenvalue weighted by Gasteiger charge is -1.95. The van der Waals surface area contributed by atoms with E-state index in [1.165, 1.54) is 29.0 Å². The van der Waals surface area contributed by atoms with E-state index >= 15 is 0 Å². The highest BCUT2D eigenvalue weighted by atomic mass is 32.1. The maximum Gasteiger partial charge on any atom is 0.338 e. The molecule has 2 heterocycles. The van der Waals surface area contributed by atoms with Gasteiger partial charge >= 0.3 is 5.97 Å². The van der Waals surface area contributed by atoms with Gasteiger partial charge < -0.3 is 10.1 Å². The maximum absolute atomic E-state index is 13.7. The van der Waals surface area contributed by atoms with E-state index in [9.17, 15) is 9.18 Å². The van der Waals surface area contributed by atoms with Crippen LogP contribution >= 0.6 is 11.3 Å². The number of benzene rings is 1. The van der Waals surface area contributed by atoms with Gasteiger partial charge in [0.1, 0.15) is 11.6 Å². The molecule has 21 heavy (non-hydrogen) atoms. The molecule has 4 nitrogen and oxygen atoms in total. The Bertz CT molecular complexity index is 860. The first-order valence-electron chi connectivity index (χ1n) is 6.66. The third-order valence-electron chi connectivity index (χ3n) is 3.78. The van der Waals surface area contributed by atoms with Gasteiger partial charge in [0.25, 0.3) is 0 Å². The number of aromatic amines is 1. The summed E-state index contributed by atoms with van der Waals surface area (Å²) in [6.07, 6.45) is 3.41. The number of aryl methyl sites for hydroxylation is 2. The van der Waals surface area contributed by atoms with E-state index in [4.69, 9.17) is 5.11 Å². The summed E-state index contributed by atoms with van der Waals surface area (Å²) in [6.45, 7) is 0. The summed E-state index contributed by atoms with van der Waals surface area (Å²) < 4.78 is 13.7. The van der Waals surface area contributed by atoms with Crippen LogP contribution in [0.15, 0.2) is 18.2 Å². The van der Waals surface area contributed by atoms with Gasteiger partial charge in [-0.1, -0.05) is 0 Å². The smallest absolute Gasteiger partial charge is 0.338 e. The predicted octanol–water partition coefficient (Wildman–Crippen LogP) is 3.62. The standard InChI is InChI=1S/C15H11FN2O2S/c16-9-6-11-10(5-8(9)15(19)20)17-14(18-11)13-4-7-2-1-3-12(7)21-13/h4-6H,1-3H2,(H,17,18)(H,19,20). The average Bonchev–Trinajstić information content (AvgIpc) is 3.09. The summed E-state index contributed by atoms with van der Waals surface area (Å²) in [6, 6.07) is 4.59. The Morgan fingerprint density at radius 3 is 2.95 bits per heavy atom. The number of nitrogens with one attached hydrogen (secondary N) is 1. The van der Waals surface area contributed by atoms with Gasteiger partial charge in [-0.25, -0.2) is 14.2 Å². The monoisotopic (exact) mass is 302 g/mol. The highest BCUT2D eigenvalue weighted by molar-refractivity contribution is 7.15. The first-order chi connectivity index (χ1) is 10.1. The topological polar surface area (TPSA) is 66.0 Å². The molecule has 1 aliphatic rings. The fourth-order valence-corrected chi connectivity index (χ4v) is 3.96. The molecule has 0 bridgehead atoms. The van der Waals surface area contributed by atoms with Gasteiger partial charge in [-0.2, -0.15) is 0 Å². The molecule has 2 N–H and O–H groups in total. The van der Waals surface area contributed by atoms with Crippen LogP contribution in [0.2, 0.25) is 0 Å². The Morgan fingerprint density at radius 1 is 1.33 bits per heavy atom. The fraction of sp³-hybridized carbons (Fsp3) is 0.200. The molecule has 1 aromatic carbocycles. The molecule has 106 valence electrons. The van der Waals surface area contributed by atoms with E-state index in [-0.39, 0.29) is 5.56 Å². The Morgan fingerprint density at radius 2 is 2.19 bits per heavy atom. The van der Waals surface area contributed by atoms with Crippen molar-refractivity contribution in [2.75, 3.05) is 0 Å². The van der Waals surface area contributed by atoms with Crippen molar-refractivity contribution in [1.29, 1.82) is 0 Å². The van der Waals surface area contributed by atoms with Crippen LogP contribution in [0.25, 0.3) is 21.7 Å². The van der Waals surface area contributed by atoms with Gasteiger partial charge in [0.05, 0.1) is 21.5 Å². The van der Waals surface area contributed by atoms with E-state index in [2.05, 4.69) is 16.0 Å². The summed E-state index contributed by atoms with van der Waals surface area (Å²) in [5, 5.41) is 8.95. The number of imidazole rings is 1. The molecule has 6 heteroatoms. The van der Waals surface area contributed by atoms with E-state index in [1.807, 2.05) is 0 Å². The van der Waals surface area contributed by atoms with Gasteiger partial charge in [-0.15, -0.1) is 11.3 Å². The molecule has 0 fully saturated rings. The van der Waals surface area contributed by atoms with E-state index in [1.54, 1.807) is 11.3 Å². The number of carboxylic acids is 1. The SMILES string of the molecule is O=C(O)c1cc2nc(-c3cc4c(s3)CCC4)[nH]c2cc1F. The molecule has 1 aliphatic carbocycles. The minimum absolute atomic E-state index is 0.353. The van der Waals surface area contributed by atoms with Gasteiger partial charge in [-0.05, 0) is 37.0 Å². The zero-order valence-electron chi connectivity index (χ0n) is 10.9. The molecule has 3 aromatic rings. The molecule has 0 aliphatic heterocycles. The number of carboxylic acid groups (broad SMARTS) is 1. The number of halogens is 1. The fourth-order valence-electron chi connectivity index (χ4n) is 2.76. The Labute approximate surface area is 123 Å². The lowest BCUT2D eigenvalue weighted by molar-refractivity contribution is 0.0692. The quantitative estimate of drug-likeness (QED) is 0.760. The first kappa shape index (κ1) is 12.5. The van der Waals surface area contributed by atoms with Gasteiger partial charge in [0.2, 0.25) is 0 Å². The molecule has 0 atom stereocenters. The van der Waals surface area contributed by atoms with Crippen molar-refractivity contribution < 1.29 is 14.3 Å². The highest BCUT2D eigenvalue weighted by Crippen LogP contribution is 2.36. The molecule has 4 rings (SSSR count). The van der Waals surface area contributed by atoms with Gasteiger partial charge in [-0.3, -0.25) is 0 Å². The second-order valence-corrected chi connectivity index (χ2v) is 6.29. The number of hydrogen-bond acceptors (Lipinski definition) is 3. The number of carbonyl (C=O) groups is 1. The second-order valence-electron chi connectivity index (χ2n) is 5.15. The molecule has 0 spiro atoms. The van der Waals surface area contributed by atoms with Gasteiger partial charge in [0, 0.05) is 10.9 Å². The third-order valence-corrected chi connectivity index (χ3v) is 5.02. The first-order valence-corrected chi connectivity index (χ1v) is 7.48. The number of hydrogen-bond donors (Lipinski definition) is 2. The average molecular weight is 302 g/mol. The lowest BCUT2D eigenvalue weighted by Crippen LogP contribution is -1.99. The molecule has 0 amide bonds. The van der Waals surface area contributed by atoms with Crippen LogP contribution in [0.1, 0.15) is 27.2 Å². The number of rotatable bonds is 2. The number of fused-ring (bicyclic) bond motifs is 2. The minimum Gasteiger partial charge on any atom is -0.478 e. The van der Waals surface area contributed by atoms with Crippen molar-refractivity contribution in [2.24, 2.45) is 0 Å². The number of nitrogens with zero attached hydrogens (tertiary/aromatic N) is 1. The summed E-state index contributed by atoms with van der Waals surface area (Å²) >= 11 is 1.70. The number of aromatic nitrogens is 2. The molecule has 0 saturated carbocycles. The summed E-state index contributed by atoms with van der Waals surface area (Å²) in [4.78, 5) is 20.9. The van der Waals surface area contributed by atoms with E-state index < -0.39 is 11.8 Å². The molecule has 0 saturated heterocycles. The summed E-state index contributed by atoms with van der Waals surface area (Å²) in [5.41, 5.74) is 2.00. The Kier molecular flexibility index (Phi) is 2.62. The molecule has 0 radical (unpaired) electrons. The van der Waals surface area contributed by atoms with Crippen LogP contribution in [-0.2, 0) is 12.8 Å². The lowest BCUT2D eigenvalue weighted by atomic mass is 10.2. The summed E-state index contributed by atoms with van der Waals surface area (Å²) in [5.74, 6) is -1.36. The molecule has 2 aromatic heterocycles. The van der Waals surface area contributed by atoms with Crippen LogP contribution in [-0.4, -0.2) is 21.0 Å². The normalized spacial score (nSPS) is 13.8. The third kappa shape index (κ3) is 1.94. The van der Waals surface area contributed by atoms with Crippen LogP contribution < -0.4 is 0 Å². The number of thiophene rings is 1. The van der Waals surface area contributed by atoms with Crippen LogP contribution in [0.4, 0.5) is 4.39 Å². The summed E-state index contributed by atoms with van der Waals surface area (Å²) in [7, 11) is 0. The maximum atomic E-state index is 13.7. The van der Waals surface area contributed by atoms with Crippen molar-refractivity contribution in [1.82, 2.24) is 9.97 Å². The zero-order valence-corrected chi connectivity index (χ0v) is 11.8. The van der Waals surface area contributed by atoms with Crippen molar-refractivity contribution in [3.63, 3.8) is 0 Å². The van der Waals surface area contributed by atoms with Crippen LogP contribution in [0, 0.1) is 5.82 Å². The molecule has 0 unspecified atom stereocenters. The van der Waals surface area contributed by atoms with E-state index in [0.29, 0.717) is 16.9 Å². The number of H-pyrrole nitrogens is 1.